The highest BCUT2D eigenvalue weighted by Gasteiger charge is 2.06. The van der Waals surface area contributed by atoms with Crippen molar-refractivity contribution in [1.82, 2.24) is 0 Å². The predicted octanol–water partition coefficient (Wildman–Crippen LogP) is 2.88. The number of benzene rings is 1. The molecule has 0 aliphatic heterocycles. The van der Waals surface area contributed by atoms with Crippen molar-refractivity contribution in [3.05, 3.63) is 23.8 Å². The van der Waals surface area contributed by atoms with Crippen LogP contribution in [0.25, 0.3) is 0 Å². The molecule has 0 radical (unpaired) electrons. The average Bonchev–Trinajstić information content (AvgIpc) is 2.16. The van der Waals surface area contributed by atoms with Gasteiger partial charge >= 0.3 is 6.61 Å². The van der Waals surface area contributed by atoms with Crippen LogP contribution in [0, 0.1) is 11.3 Å². The van der Waals surface area contributed by atoms with Gasteiger partial charge in [0.2, 0.25) is 0 Å². The first-order chi connectivity index (χ1) is 6.65. The van der Waals surface area contributed by atoms with Gasteiger partial charge in [-0.15, -0.1) is 11.8 Å². The van der Waals surface area contributed by atoms with Crippen LogP contribution in [-0.4, -0.2) is 12.9 Å². The molecule has 0 bridgehead atoms. The highest BCUT2D eigenvalue weighted by Crippen LogP contribution is 2.24. The molecule has 0 unspecified atom stereocenters. The summed E-state index contributed by atoms with van der Waals surface area (Å²) in [6.07, 6.45) is 1.79. The Hall–Kier alpha value is -1.28. The minimum atomic E-state index is -2.86. The van der Waals surface area contributed by atoms with E-state index in [1.165, 1.54) is 23.9 Å². The van der Waals surface area contributed by atoms with E-state index in [-0.39, 0.29) is 5.75 Å². The van der Waals surface area contributed by atoms with Crippen molar-refractivity contribution in [1.29, 1.82) is 5.26 Å². The molecule has 0 aliphatic carbocycles. The van der Waals surface area contributed by atoms with E-state index in [2.05, 4.69) is 4.74 Å². The highest BCUT2D eigenvalue weighted by molar-refractivity contribution is 7.98. The van der Waals surface area contributed by atoms with Crippen LogP contribution in [-0.2, 0) is 0 Å². The lowest BCUT2D eigenvalue weighted by Gasteiger charge is -2.06. The monoisotopic (exact) mass is 215 g/mol. The molecule has 0 spiro atoms. The Morgan fingerprint density at radius 2 is 2.14 bits per heavy atom. The van der Waals surface area contributed by atoms with Crippen LogP contribution in [0.1, 0.15) is 5.56 Å². The average molecular weight is 215 g/mol. The van der Waals surface area contributed by atoms with Crippen molar-refractivity contribution in [2.24, 2.45) is 0 Å². The van der Waals surface area contributed by atoms with Crippen LogP contribution in [0.2, 0.25) is 0 Å². The minimum absolute atomic E-state index is 0.0170. The lowest BCUT2D eigenvalue weighted by Crippen LogP contribution is -2.02. The van der Waals surface area contributed by atoms with Crippen LogP contribution < -0.4 is 4.74 Å². The smallest absolute Gasteiger partial charge is 0.387 e. The lowest BCUT2D eigenvalue weighted by molar-refractivity contribution is -0.0499. The van der Waals surface area contributed by atoms with Gasteiger partial charge in [0, 0.05) is 4.90 Å². The first-order valence-electron chi connectivity index (χ1n) is 3.69. The van der Waals surface area contributed by atoms with E-state index in [0.29, 0.717) is 5.56 Å². The third kappa shape index (κ3) is 2.89. The lowest BCUT2D eigenvalue weighted by atomic mass is 10.2. The van der Waals surface area contributed by atoms with Crippen LogP contribution in [0.15, 0.2) is 23.1 Å². The number of nitrogens with zero attached hydrogens (tertiary/aromatic N) is 1. The van der Waals surface area contributed by atoms with Gasteiger partial charge in [-0.1, -0.05) is 0 Å². The van der Waals surface area contributed by atoms with E-state index in [1.807, 2.05) is 6.07 Å². The van der Waals surface area contributed by atoms with Crippen molar-refractivity contribution in [3.63, 3.8) is 0 Å². The molecule has 0 amide bonds. The second-order valence-corrected chi connectivity index (χ2v) is 3.27. The first kappa shape index (κ1) is 10.8. The molecule has 0 fully saturated rings. The molecule has 0 aromatic heterocycles. The summed E-state index contributed by atoms with van der Waals surface area (Å²) in [6, 6.07) is 6.24. The molecule has 2 nitrogen and oxygen atoms in total. The summed E-state index contributed by atoms with van der Waals surface area (Å²) in [5, 5.41) is 8.61. The number of rotatable bonds is 3. The molecule has 0 saturated carbocycles. The molecule has 1 rings (SSSR count). The summed E-state index contributed by atoms with van der Waals surface area (Å²) in [5.41, 5.74) is 0.312. The molecule has 14 heavy (non-hydrogen) atoms. The van der Waals surface area contributed by atoms with Gasteiger partial charge in [-0.3, -0.25) is 0 Å². The number of ether oxygens (including phenoxy) is 1. The van der Waals surface area contributed by atoms with Crippen LogP contribution in [0.5, 0.6) is 5.75 Å². The van der Waals surface area contributed by atoms with Crippen molar-refractivity contribution in [2.45, 2.75) is 11.5 Å². The van der Waals surface area contributed by atoms with Gasteiger partial charge in [-0.05, 0) is 24.5 Å². The maximum Gasteiger partial charge on any atom is 0.387 e. The second kappa shape index (κ2) is 4.82. The van der Waals surface area contributed by atoms with Crippen LogP contribution in [0.3, 0.4) is 0 Å². The highest BCUT2D eigenvalue weighted by atomic mass is 32.2. The Bertz CT molecular complexity index is 362. The van der Waals surface area contributed by atoms with E-state index in [9.17, 15) is 8.78 Å². The van der Waals surface area contributed by atoms with Crippen molar-refractivity contribution < 1.29 is 13.5 Å². The molecule has 5 heteroatoms. The Morgan fingerprint density at radius 1 is 1.43 bits per heavy atom. The van der Waals surface area contributed by atoms with Gasteiger partial charge < -0.3 is 4.74 Å². The van der Waals surface area contributed by atoms with Gasteiger partial charge in [0.05, 0.1) is 11.6 Å². The molecule has 74 valence electrons. The number of thioether (sulfide) groups is 1. The quantitative estimate of drug-likeness (QED) is 0.727. The third-order valence-electron chi connectivity index (χ3n) is 1.47. The summed E-state index contributed by atoms with van der Waals surface area (Å²) in [4.78, 5) is 0.722. The zero-order chi connectivity index (χ0) is 10.6. The minimum Gasteiger partial charge on any atom is -0.435 e. The number of halogens is 2. The standard InChI is InChI=1S/C9H7F2NOS/c1-14-8-3-6(5-12)2-7(4-8)13-9(10)11/h2-4,9H,1H3. The number of hydrogen-bond acceptors (Lipinski definition) is 3. The molecule has 0 heterocycles. The molecule has 0 atom stereocenters. The van der Waals surface area contributed by atoms with Gasteiger partial charge in [-0.25, -0.2) is 0 Å². The van der Waals surface area contributed by atoms with Crippen LogP contribution in [0.4, 0.5) is 8.78 Å². The maximum absolute atomic E-state index is 11.9. The van der Waals surface area contributed by atoms with E-state index in [4.69, 9.17) is 5.26 Å². The zero-order valence-corrected chi connectivity index (χ0v) is 8.15. The summed E-state index contributed by atoms with van der Waals surface area (Å²) in [6.45, 7) is -2.86. The number of nitriles is 1. The Balaban J connectivity index is 3.00. The van der Waals surface area contributed by atoms with E-state index < -0.39 is 6.61 Å². The summed E-state index contributed by atoms with van der Waals surface area (Å²) in [7, 11) is 0. The summed E-state index contributed by atoms with van der Waals surface area (Å²) < 4.78 is 28.0. The Labute approximate surface area is 84.5 Å². The molecule has 0 aliphatic rings. The first-order valence-corrected chi connectivity index (χ1v) is 4.92. The summed E-state index contributed by atoms with van der Waals surface area (Å²) >= 11 is 1.36. The fourth-order valence-electron chi connectivity index (χ4n) is 0.925. The third-order valence-corrected chi connectivity index (χ3v) is 2.18. The molecular weight excluding hydrogens is 208 g/mol. The molecular formula is C9H7F2NOS. The van der Waals surface area contributed by atoms with Crippen molar-refractivity contribution >= 4 is 11.8 Å². The van der Waals surface area contributed by atoms with Gasteiger partial charge in [0.25, 0.3) is 0 Å². The zero-order valence-electron chi connectivity index (χ0n) is 7.33. The van der Waals surface area contributed by atoms with E-state index in [1.54, 1.807) is 12.3 Å². The summed E-state index contributed by atoms with van der Waals surface area (Å²) in [5.74, 6) is 0.0170. The fraction of sp³-hybridized carbons (Fsp3) is 0.222. The second-order valence-electron chi connectivity index (χ2n) is 2.39. The fourth-order valence-corrected chi connectivity index (χ4v) is 1.40. The Morgan fingerprint density at radius 3 is 2.64 bits per heavy atom. The molecule has 1 aromatic rings. The topological polar surface area (TPSA) is 33.0 Å². The number of hydrogen-bond donors (Lipinski definition) is 0. The SMILES string of the molecule is CSc1cc(C#N)cc(OC(F)F)c1. The maximum atomic E-state index is 11.9. The number of alkyl halides is 2. The van der Waals surface area contributed by atoms with Gasteiger partial charge in [0.1, 0.15) is 5.75 Å². The predicted molar refractivity (Wildman–Crippen MR) is 49.6 cm³/mol. The van der Waals surface area contributed by atoms with E-state index in [0.717, 1.165) is 4.90 Å². The van der Waals surface area contributed by atoms with Crippen molar-refractivity contribution in [3.8, 4) is 11.8 Å². The molecule has 0 saturated heterocycles. The molecule has 1 aromatic carbocycles. The molecule has 0 N–H and O–H groups in total. The van der Waals surface area contributed by atoms with Gasteiger partial charge in [0.15, 0.2) is 0 Å². The normalized spacial score (nSPS) is 9.93. The Kier molecular flexibility index (Phi) is 3.72. The van der Waals surface area contributed by atoms with E-state index >= 15 is 0 Å². The largest absolute Gasteiger partial charge is 0.435 e. The van der Waals surface area contributed by atoms with Gasteiger partial charge in [-0.2, -0.15) is 14.0 Å². The van der Waals surface area contributed by atoms with Crippen molar-refractivity contribution in [2.75, 3.05) is 6.26 Å². The van der Waals surface area contributed by atoms with Crippen LogP contribution >= 0.6 is 11.8 Å².